The van der Waals surface area contributed by atoms with E-state index in [1.54, 1.807) is 13.0 Å². The average molecular weight is 225 g/mol. The number of carbonyl (C=O) groups is 1. The van der Waals surface area contributed by atoms with Crippen molar-refractivity contribution in [2.24, 2.45) is 5.73 Å². The van der Waals surface area contributed by atoms with Gasteiger partial charge in [0.25, 0.3) is 0 Å². The van der Waals surface area contributed by atoms with E-state index in [2.05, 4.69) is 0 Å². The lowest BCUT2D eigenvalue weighted by Gasteiger charge is -2.10. The van der Waals surface area contributed by atoms with E-state index in [4.69, 9.17) is 5.73 Å². The molecule has 0 spiro atoms. The van der Waals surface area contributed by atoms with Crippen LogP contribution in [0.4, 0.5) is 0 Å². The van der Waals surface area contributed by atoms with Crippen molar-refractivity contribution in [3.63, 3.8) is 0 Å². The fraction of sp³-hybridized carbons (Fsp3) is 0.364. The minimum atomic E-state index is -0.0944. The molecular formula is C11H15NO2S. The summed E-state index contributed by atoms with van der Waals surface area (Å²) < 4.78 is 0. The van der Waals surface area contributed by atoms with Crippen LogP contribution in [-0.2, 0) is 0 Å². The largest absolute Gasteiger partial charge is 0.507 e. The van der Waals surface area contributed by atoms with Crippen LogP contribution in [0.2, 0.25) is 0 Å². The Bertz CT molecular complexity index is 377. The maximum Gasteiger partial charge on any atom is 0.168 e. The molecule has 0 amide bonds. The zero-order valence-corrected chi connectivity index (χ0v) is 9.73. The second-order valence-electron chi connectivity index (χ2n) is 3.27. The zero-order valence-electron chi connectivity index (χ0n) is 8.91. The van der Waals surface area contributed by atoms with Crippen molar-refractivity contribution >= 4 is 17.5 Å². The second kappa shape index (κ2) is 5.19. The van der Waals surface area contributed by atoms with E-state index < -0.39 is 0 Å². The Morgan fingerprint density at radius 1 is 1.53 bits per heavy atom. The first kappa shape index (κ1) is 12.1. The van der Waals surface area contributed by atoms with Gasteiger partial charge in [-0.05, 0) is 31.4 Å². The Morgan fingerprint density at radius 2 is 2.20 bits per heavy atom. The van der Waals surface area contributed by atoms with Gasteiger partial charge in [-0.1, -0.05) is 6.07 Å². The van der Waals surface area contributed by atoms with Gasteiger partial charge < -0.3 is 10.8 Å². The lowest BCUT2D eigenvalue weighted by atomic mass is 10.0. The smallest absolute Gasteiger partial charge is 0.168 e. The summed E-state index contributed by atoms with van der Waals surface area (Å²) in [6.07, 6.45) is 2.15. The molecule has 0 bridgehead atoms. The highest BCUT2D eigenvalue weighted by Gasteiger charge is 2.16. The van der Waals surface area contributed by atoms with Gasteiger partial charge in [-0.3, -0.25) is 4.79 Å². The molecule has 0 fully saturated rings. The number of aryl methyl sites for hydroxylation is 1. The van der Waals surface area contributed by atoms with Crippen molar-refractivity contribution in [2.75, 3.05) is 12.8 Å². The SMILES string of the molecule is CSc1ccc(C)c(O)c1C(=O)CCN. The number of ketones is 1. The highest BCUT2D eigenvalue weighted by atomic mass is 32.2. The molecule has 3 nitrogen and oxygen atoms in total. The summed E-state index contributed by atoms with van der Waals surface area (Å²) in [4.78, 5) is 12.5. The van der Waals surface area contributed by atoms with E-state index in [1.807, 2.05) is 12.3 Å². The molecule has 0 aliphatic heterocycles. The molecular weight excluding hydrogens is 210 g/mol. The highest BCUT2D eigenvalue weighted by molar-refractivity contribution is 7.98. The van der Waals surface area contributed by atoms with Crippen molar-refractivity contribution in [1.29, 1.82) is 0 Å². The van der Waals surface area contributed by atoms with Gasteiger partial charge >= 0.3 is 0 Å². The molecule has 0 aliphatic rings. The third kappa shape index (κ3) is 2.52. The van der Waals surface area contributed by atoms with Crippen LogP contribution in [-0.4, -0.2) is 23.7 Å². The third-order valence-electron chi connectivity index (χ3n) is 2.21. The Morgan fingerprint density at radius 3 is 2.73 bits per heavy atom. The number of carbonyl (C=O) groups excluding carboxylic acids is 1. The number of hydrogen-bond donors (Lipinski definition) is 2. The minimum Gasteiger partial charge on any atom is -0.507 e. The standard InChI is InChI=1S/C11H15NO2S/c1-7-3-4-9(15-2)10(11(7)14)8(13)5-6-12/h3-4,14H,5-6,12H2,1-2H3. The maximum absolute atomic E-state index is 11.7. The number of Topliss-reactive ketones (excluding diaryl/α,β-unsaturated/α-hetero) is 1. The first-order chi connectivity index (χ1) is 7.11. The molecule has 15 heavy (non-hydrogen) atoms. The van der Waals surface area contributed by atoms with E-state index in [9.17, 15) is 9.90 Å². The molecule has 0 saturated carbocycles. The number of rotatable bonds is 4. The molecule has 0 heterocycles. The van der Waals surface area contributed by atoms with Crippen molar-refractivity contribution in [3.05, 3.63) is 23.3 Å². The number of phenols is 1. The lowest BCUT2D eigenvalue weighted by Crippen LogP contribution is -2.09. The monoisotopic (exact) mass is 225 g/mol. The molecule has 0 aliphatic carbocycles. The molecule has 3 N–H and O–H groups in total. The van der Waals surface area contributed by atoms with Gasteiger partial charge in [0, 0.05) is 11.3 Å². The molecule has 1 rings (SSSR count). The first-order valence-electron chi connectivity index (χ1n) is 4.71. The number of aromatic hydroxyl groups is 1. The second-order valence-corrected chi connectivity index (χ2v) is 4.12. The van der Waals surface area contributed by atoms with Gasteiger partial charge in [0.15, 0.2) is 5.78 Å². The van der Waals surface area contributed by atoms with Crippen LogP contribution in [0, 0.1) is 6.92 Å². The molecule has 82 valence electrons. The molecule has 1 aromatic carbocycles. The number of hydrogen-bond acceptors (Lipinski definition) is 4. The number of thioether (sulfide) groups is 1. The predicted molar refractivity (Wildman–Crippen MR) is 62.6 cm³/mol. The normalized spacial score (nSPS) is 10.3. The van der Waals surface area contributed by atoms with Gasteiger partial charge in [-0.25, -0.2) is 0 Å². The van der Waals surface area contributed by atoms with Crippen molar-refractivity contribution in [1.82, 2.24) is 0 Å². The average Bonchev–Trinajstić information content (AvgIpc) is 2.22. The van der Waals surface area contributed by atoms with Crippen LogP contribution in [0.25, 0.3) is 0 Å². The minimum absolute atomic E-state index is 0.0836. The third-order valence-corrected chi connectivity index (χ3v) is 2.99. The van der Waals surface area contributed by atoms with Crippen molar-refractivity contribution in [2.45, 2.75) is 18.2 Å². The van der Waals surface area contributed by atoms with Gasteiger partial charge in [-0.15, -0.1) is 11.8 Å². The number of phenolic OH excluding ortho intramolecular Hbond substituents is 1. The summed E-state index contributed by atoms with van der Waals surface area (Å²) in [5, 5.41) is 9.83. The molecule has 0 atom stereocenters. The quantitative estimate of drug-likeness (QED) is 0.607. The summed E-state index contributed by atoms with van der Waals surface area (Å²) in [6.45, 7) is 2.08. The van der Waals surface area contributed by atoms with Crippen molar-refractivity contribution < 1.29 is 9.90 Å². The van der Waals surface area contributed by atoms with Crippen LogP contribution in [0.15, 0.2) is 17.0 Å². The topological polar surface area (TPSA) is 63.3 Å². The molecule has 0 aromatic heterocycles. The van der Waals surface area contributed by atoms with E-state index in [1.165, 1.54) is 11.8 Å². The number of nitrogens with two attached hydrogens (primary N) is 1. The van der Waals surface area contributed by atoms with Gasteiger partial charge in [0.05, 0.1) is 5.56 Å². The van der Waals surface area contributed by atoms with Gasteiger partial charge in [0.2, 0.25) is 0 Å². The highest BCUT2D eigenvalue weighted by Crippen LogP contribution is 2.31. The van der Waals surface area contributed by atoms with Crippen LogP contribution >= 0.6 is 11.8 Å². The summed E-state index contributed by atoms with van der Waals surface area (Å²) >= 11 is 1.45. The summed E-state index contributed by atoms with van der Waals surface area (Å²) in [6, 6.07) is 3.66. The van der Waals surface area contributed by atoms with Crippen LogP contribution in [0.3, 0.4) is 0 Å². The zero-order chi connectivity index (χ0) is 11.4. The fourth-order valence-corrected chi connectivity index (χ4v) is 1.99. The van der Waals surface area contributed by atoms with Crippen molar-refractivity contribution in [3.8, 4) is 5.75 Å². The predicted octanol–water partition coefficient (Wildman–Crippen LogP) is 1.95. The number of benzene rings is 1. The van der Waals surface area contributed by atoms with Crippen LogP contribution < -0.4 is 5.73 Å². The Kier molecular flexibility index (Phi) is 4.17. The molecule has 4 heteroatoms. The van der Waals surface area contributed by atoms with E-state index in [0.29, 0.717) is 17.7 Å². The Labute approximate surface area is 93.7 Å². The Balaban J connectivity index is 3.23. The fourth-order valence-electron chi connectivity index (χ4n) is 1.37. The Hall–Kier alpha value is -1.00. The summed E-state index contributed by atoms with van der Waals surface area (Å²) in [5.74, 6) is -0.0108. The molecule has 1 aromatic rings. The molecule has 0 unspecified atom stereocenters. The molecule has 0 radical (unpaired) electrons. The summed E-state index contributed by atoms with van der Waals surface area (Å²) in [5.41, 5.74) is 6.46. The maximum atomic E-state index is 11.7. The van der Waals surface area contributed by atoms with Crippen LogP contribution in [0.5, 0.6) is 5.75 Å². The van der Waals surface area contributed by atoms with E-state index in [-0.39, 0.29) is 18.0 Å². The molecule has 0 saturated heterocycles. The van der Waals surface area contributed by atoms with E-state index in [0.717, 1.165) is 4.90 Å². The lowest BCUT2D eigenvalue weighted by molar-refractivity contribution is 0.0979. The van der Waals surface area contributed by atoms with Gasteiger partial charge in [0.1, 0.15) is 5.75 Å². The van der Waals surface area contributed by atoms with E-state index >= 15 is 0 Å². The summed E-state index contributed by atoms with van der Waals surface area (Å²) in [7, 11) is 0. The first-order valence-corrected chi connectivity index (χ1v) is 5.94. The van der Waals surface area contributed by atoms with Crippen LogP contribution in [0.1, 0.15) is 22.3 Å². The van der Waals surface area contributed by atoms with Gasteiger partial charge in [-0.2, -0.15) is 0 Å².